The highest BCUT2D eigenvalue weighted by molar-refractivity contribution is 9.10. The van der Waals surface area contributed by atoms with Crippen molar-refractivity contribution in [2.24, 2.45) is 5.10 Å². The van der Waals surface area contributed by atoms with Gasteiger partial charge in [-0.05, 0) is 54.1 Å². The van der Waals surface area contributed by atoms with Gasteiger partial charge in [0, 0.05) is 4.47 Å². The number of nitriles is 1. The average Bonchev–Trinajstić information content (AvgIpc) is 2.54. The van der Waals surface area contributed by atoms with Crippen LogP contribution in [0.5, 0.6) is 5.75 Å². The molecule has 6 nitrogen and oxygen atoms in total. The van der Waals surface area contributed by atoms with Gasteiger partial charge in [-0.3, -0.25) is 0 Å². The smallest absolute Gasteiger partial charge is 0.276 e. The number of nitrogens with one attached hydrogen (secondary N) is 1. The van der Waals surface area contributed by atoms with E-state index in [-0.39, 0.29) is 11.5 Å². The van der Waals surface area contributed by atoms with Crippen molar-refractivity contribution in [1.82, 2.24) is 4.83 Å². The van der Waals surface area contributed by atoms with Crippen LogP contribution in [-0.2, 0) is 10.0 Å². The number of nitrogens with zero attached hydrogens (tertiary/aromatic N) is 2. The molecule has 0 radical (unpaired) electrons. The van der Waals surface area contributed by atoms with Crippen LogP contribution >= 0.6 is 15.9 Å². The van der Waals surface area contributed by atoms with Crippen LogP contribution in [0.4, 0.5) is 0 Å². The van der Waals surface area contributed by atoms with Crippen LogP contribution in [0.15, 0.2) is 63.0 Å². The zero-order valence-corrected chi connectivity index (χ0v) is 14.2. The Balaban J connectivity index is 2.00. The van der Waals surface area contributed by atoms with Gasteiger partial charge in [0.15, 0.2) is 6.61 Å². The number of ether oxygens (including phenoxy) is 1. The molecule has 0 amide bonds. The summed E-state index contributed by atoms with van der Waals surface area (Å²) in [5, 5.41) is 12.2. The highest BCUT2D eigenvalue weighted by Crippen LogP contribution is 2.14. The van der Waals surface area contributed by atoms with Crippen LogP contribution < -0.4 is 9.57 Å². The van der Waals surface area contributed by atoms with E-state index in [1.165, 1.54) is 18.3 Å². The van der Waals surface area contributed by atoms with E-state index in [1.54, 1.807) is 36.4 Å². The fourth-order valence-electron chi connectivity index (χ4n) is 1.60. The molecule has 0 aliphatic rings. The molecule has 0 aliphatic heterocycles. The lowest BCUT2D eigenvalue weighted by Crippen LogP contribution is -2.18. The fraction of sp³-hybridized carbons (Fsp3) is 0.0667. The van der Waals surface area contributed by atoms with Crippen LogP contribution in [0.2, 0.25) is 0 Å². The Morgan fingerprint density at radius 2 is 1.83 bits per heavy atom. The maximum Gasteiger partial charge on any atom is 0.276 e. The van der Waals surface area contributed by atoms with Gasteiger partial charge in [0.2, 0.25) is 0 Å². The molecule has 0 bridgehead atoms. The molecule has 1 N–H and O–H groups in total. The van der Waals surface area contributed by atoms with Gasteiger partial charge in [0.1, 0.15) is 11.8 Å². The minimum Gasteiger partial charge on any atom is -0.479 e. The largest absolute Gasteiger partial charge is 0.479 e. The minimum absolute atomic E-state index is 0.0274. The number of sulfonamides is 1. The fourth-order valence-corrected chi connectivity index (χ4v) is 2.66. The predicted octanol–water partition coefficient (Wildman–Crippen LogP) is 2.66. The van der Waals surface area contributed by atoms with E-state index in [0.717, 1.165) is 4.47 Å². The quantitative estimate of drug-likeness (QED) is 0.602. The summed E-state index contributed by atoms with van der Waals surface area (Å²) in [6.45, 7) is -0.0274. The number of halogens is 1. The second kappa shape index (κ2) is 7.76. The highest BCUT2D eigenvalue weighted by Gasteiger charge is 2.11. The maximum absolute atomic E-state index is 12.0. The minimum atomic E-state index is -3.70. The van der Waals surface area contributed by atoms with Gasteiger partial charge in [0.25, 0.3) is 10.0 Å². The highest BCUT2D eigenvalue weighted by atomic mass is 79.9. The molecular formula is C15H12BrN3O3S. The molecule has 2 aromatic rings. The summed E-state index contributed by atoms with van der Waals surface area (Å²) in [4.78, 5) is 2.27. The first-order chi connectivity index (χ1) is 11.0. The molecule has 0 aliphatic carbocycles. The van der Waals surface area contributed by atoms with Crippen LogP contribution in [0.1, 0.15) is 5.56 Å². The third kappa shape index (κ3) is 5.09. The molecule has 2 aromatic carbocycles. The van der Waals surface area contributed by atoms with Gasteiger partial charge in [-0.25, -0.2) is 4.83 Å². The number of hydrogen-bond acceptors (Lipinski definition) is 5. The lowest BCUT2D eigenvalue weighted by molar-refractivity contribution is 0.368. The molecule has 2 rings (SSSR count). The van der Waals surface area contributed by atoms with E-state index in [0.29, 0.717) is 11.3 Å². The van der Waals surface area contributed by atoms with Gasteiger partial charge in [-0.15, -0.1) is 0 Å². The average molecular weight is 394 g/mol. The molecule has 8 heteroatoms. The van der Waals surface area contributed by atoms with E-state index in [1.807, 2.05) is 6.07 Å². The summed E-state index contributed by atoms with van der Waals surface area (Å²) < 4.78 is 29.9. The number of hydrogen-bond donors (Lipinski definition) is 1. The molecule has 0 atom stereocenters. The summed E-state index contributed by atoms with van der Waals surface area (Å²) in [5.74, 6) is 0.555. The van der Waals surface area contributed by atoms with Crippen molar-refractivity contribution in [2.45, 2.75) is 4.90 Å². The van der Waals surface area contributed by atoms with Crippen LogP contribution in [0, 0.1) is 11.3 Å². The molecular weight excluding hydrogens is 382 g/mol. The molecule has 118 valence electrons. The first-order valence-electron chi connectivity index (χ1n) is 6.41. The van der Waals surface area contributed by atoms with Crippen molar-refractivity contribution in [3.05, 3.63) is 58.6 Å². The van der Waals surface area contributed by atoms with Gasteiger partial charge in [0.05, 0.1) is 11.1 Å². The second-order valence-electron chi connectivity index (χ2n) is 4.32. The molecule has 0 aromatic heterocycles. The van der Waals surface area contributed by atoms with Gasteiger partial charge >= 0.3 is 0 Å². The first-order valence-corrected chi connectivity index (χ1v) is 8.69. The van der Waals surface area contributed by atoms with Crippen LogP contribution in [-0.4, -0.2) is 21.2 Å². The van der Waals surface area contributed by atoms with Crippen LogP contribution in [0.25, 0.3) is 0 Å². The third-order valence-electron chi connectivity index (χ3n) is 2.69. The van der Waals surface area contributed by atoms with Crippen molar-refractivity contribution in [3.8, 4) is 11.8 Å². The molecule has 0 saturated carbocycles. The van der Waals surface area contributed by atoms with E-state index in [2.05, 4.69) is 25.9 Å². The molecule has 0 fully saturated rings. The van der Waals surface area contributed by atoms with E-state index in [9.17, 15) is 8.42 Å². The zero-order chi connectivity index (χ0) is 16.7. The Morgan fingerprint density at radius 1 is 1.17 bits per heavy atom. The van der Waals surface area contributed by atoms with Gasteiger partial charge < -0.3 is 4.74 Å². The third-order valence-corrected chi connectivity index (χ3v) is 4.46. The standard InChI is InChI=1S/C15H12BrN3O3S/c16-13-3-7-15(8-4-13)23(20,21)19-18-11-12-1-5-14(6-2-12)22-10-9-17/h1-8,11,19H,10H2/b18-11-. The topological polar surface area (TPSA) is 91.5 Å². The van der Waals surface area contributed by atoms with E-state index < -0.39 is 10.0 Å². The Labute approximate surface area is 142 Å². The van der Waals surface area contributed by atoms with Crippen molar-refractivity contribution in [1.29, 1.82) is 5.26 Å². The van der Waals surface area contributed by atoms with Gasteiger partial charge in [-0.2, -0.15) is 18.8 Å². The number of rotatable bonds is 6. The van der Waals surface area contributed by atoms with E-state index >= 15 is 0 Å². The summed E-state index contributed by atoms with van der Waals surface area (Å²) in [6.07, 6.45) is 1.38. The lowest BCUT2D eigenvalue weighted by atomic mass is 10.2. The van der Waals surface area contributed by atoms with Crippen molar-refractivity contribution in [2.75, 3.05) is 6.61 Å². The van der Waals surface area contributed by atoms with Crippen molar-refractivity contribution >= 4 is 32.2 Å². The SMILES string of the molecule is N#CCOc1ccc(/C=N\NS(=O)(=O)c2ccc(Br)cc2)cc1. The zero-order valence-electron chi connectivity index (χ0n) is 11.8. The van der Waals surface area contributed by atoms with Crippen molar-refractivity contribution < 1.29 is 13.2 Å². The lowest BCUT2D eigenvalue weighted by Gasteiger charge is -2.03. The number of hydrazone groups is 1. The van der Waals surface area contributed by atoms with Gasteiger partial charge in [-0.1, -0.05) is 15.9 Å². The molecule has 0 saturated heterocycles. The Kier molecular flexibility index (Phi) is 5.73. The Morgan fingerprint density at radius 3 is 2.43 bits per heavy atom. The summed E-state index contributed by atoms with van der Waals surface area (Å²) in [5.41, 5.74) is 0.688. The molecule has 23 heavy (non-hydrogen) atoms. The monoisotopic (exact) mass is 393 g/mol. The second-order valence-corrected chi connectivity index (χ2v) is 6.90. The predicted molar refractivity (Wildman–Crippen MR) is 89.6 cm³/mol. The Bertz CT molecular complexity index is 826. The van der Waals surface area contributed by atoms with Crippen molar-refractivity contribution in [3.63, 3.8) is 0 Å². The maximum atomic E-state index is 12.0. The summed E-state index contributed by atoms with van der Waals surface area (Å²) in [7, 11) is -3.70. The molecule has 0 heterocycles. The van der Waals surface area contributed by atoms with E-state index in [4.69, 9.17) is 10.00 Å². The number of benzene rings is 2. The van der Waals surface area contributed by atoms with Crippen LogP contribution in [0.3, 0.4) is 0 Å². The molecule has 0 unspecified atom stereocenters. The normalized spacial score (nSPS) is 11.1. The summed E-state index contributed by atoms with van der Waals surface area (Å²) in [6, 6.07) is 14.8. The molecule has 0 spiro atoms. The first kappa shape index (κ1) is 17.0. The summed E-state index contributed by atoms with van der Waals surface area (Å²) >= 11 is 3.24. The Hall–Kier alpha value is -2.37.